The van der Waals surface area contributed by atoms with Gasteiger partial charge in [0.1, 0.15) is 5.58 Å². The molecule has 5 rings (SSSR count). The van der Waals surface area contributed by atoms with Crippen molar-refractivity contribution in [3.05, 3.63) is 69.7 Å². The van der Waals surface area contributed by atoms with E-state index in [4.69, 9.17) is 18.6 Å². The van der Waals surface area contributed by atoms with E-state index in [-0.39, 0.29) is 12.4 Å². The first kappa shape index (κ1) is 17.8. The Bertz CT molecular complexity index is 1250. The number of hydrogen-bond acceptors (Lipinski definition) is 5. The van der Waals surface area contributed by atoms with Crippen molar-refractivity contribution in [2.24, 2.45) is 0 Å². The lowest BCUT2D eigenvalue weighted by Gasteiger charge is -2.05. The van der Waals surface area contributed by atoms with E-state index in [1.807, 2.05) is 49.4 Å². The van der Waals surface area contributed by atoms with Gasteiger partial charge in [-0.05, 0) is 55.2 Å². The summed E-state index contributed by atoms with van der Waals surface area (Å²) in [6.45, 7) is 3.39. The Morgan fingerprint density at radius 3 is 2.90 bits per heavy atom. The monoisotopic (exact) mass is 391 g/mol. The zero-order valence-electron chi connectivity index (χ0n) is 16.1. The van der Waals surface area contributed by atoms with Crippen LogP contribution in [0.2, 0.25) is 0 Å². The van der Waals surface area contributed by atoms with Crippen LogP contribution in [0.15, 0.2) is 51.7 Å². The van der Waals surface area contributed by atoms with E-state index in [1.54, 1.807) is 0 Å². The van der Waals surface area contributed by atoms with Crippen LogP contribution in [0.1, 0.15) is 23.2 Å². The number of hydrogen-bond donors (Lipinski definition) is 1. The second kappa shape index (κ2) is 7.29. The Kier molecular flexibility index (Phi) is 4.48. The van der Waals surface area contributed by atoms with Gasteiger partial charge in [0.15, 0.2) is 11.5 Å². The zero-order valence-corrected chi connectivity index (χ0v) is 16.1. The first-order valence-electron chi connectivity index (χ1n) is 9.70. The van der Waals surface area contributed by atoms with E-state index in [2.05, 4.69) is 4.98 Å². The Balaban J connectivity index is 1.25. The third-order valence-electron chi connectivity index (χ3n) is 5.34. The predicted molar refractivity (Wildman–Crippen MR) is 110 cm³/mol. The molecule has 0 radical (unpaired) electrons. The molecule has 0 spiro atoms. The molecular formula is C23H21NO5. The Labute approximate surface area is 167 Å². The van der Waals surface area contributed by atoms with Gasteiger partial charge in [-0.15, -0.1) is 0 Å². The molecule has 4 aromatic rings. The number of aryl methyl sites for hydroxylation is 2. The third kappa shape index (κ3) is 3.25. The maximum atomic E-state index is 12.4. The quantitative estimate of drug-likeness (QED) is 0.388. The van der Waals surface area contributed by atoms with Crippen LogP contribution in [0.4, 0.5) is 0 Å². The normalized spacial score (nSPS) is 12.9. The molecular weight excluding hydrogens is 370 g/mol. The molecule has 29 heavy (non-hydrogen) atoms. The number of aromatic amines is 1. The van der Waals surface area contributed by atoms with E-state index in [1.165, 1.54) is 0 Å². The minimum atomic E-state index is -0.294. The fraction of sp³-hybridized carbons (Fsp3) is 0.261. The van der Waals surface area contributed by atoms with Gasteiger partial charge in [0, 0.05) is 17.7 Å². The highest BCUT2D eigenvalue weighted by Gasteiger charge is 2.16. The van der Waals surface area contributed by atoms with Crippen LogP contribution >= 0.6 is 0 Å². The smallest absolute Gasteiger partial charge is 0.346 e. The molecule has 0 unspecified atom stereocenters. The van der Waals surface area contributed by atoms with E-state index < -0.39 is 0 Å². The summed E-state index contributed by atoms with van der Waals surface area (Å²) >= 11 is 0. The van der Waals surface area contributed by atoms with Crippen molar-refractivity contribution >= 4 is 21.9 Å². The summed E-state index contributed by atoms with van der Waals surface area (Å²) in [6.07, 6.45) is 1.65. The Hall–Kier alpha value is -3.25. The second-order valence-corrected chi connectivity index (χ2v) is 7.21. The molecule has 2 aromatic carbocycles. The van der Waals surface area contributed by atoms with Crippen molar-refractivity contribution in [1.29, 1.82) is 0 Å². The second-order valence-electron chi connectivity index (χ2n) is 7.21. The summed E-state index contributed by atoms with van der Waals surface area (Å²) in [4.78, 5) is 15.8. The number of fused-ring (bicyclic) bond motifs is 4. The zero-order chi connectivity index (χ0) is 19.8. The van der Waals surface area contributed by atoms with Crippen molar-refractivity contribution in [2.45, 2.75) is 26.4 Å². The molecule has 0 atom stereocenters. The SMILES string of the molecule is Cc1c(CCCOCc2ccc3c(c2)OCO3)[nH]c2c1c(=O)oc1ccccc12. The maximum absolute atomic E-state index is 12.4. The van der Waals surface area contributed by atoms with Gasteiger partial charge in [0.25, 0.3) is 0 Å². The molecule has 3 heterocycles. The largest absolute Gasteiger partial charge is 0.454 e. The van der Waals surface area contributed by atoms with Crippen LogP contribution in [0.5, 0.6) is 11.5 Å². The molecule has 6 heteroatoms. The van der Waals surface area contributed by atoms with Crippen LogP contribution in [0, 0.1) is 6.92 Å². The maximum Gasteiger partial charge on any atom is 0.346 e. The number of ether oxygens (including phenoxy) is 3. The minimum absolute atomic E-state index is 0.275. The van der Waals surface area contributed by atoms with Crippen molar-refractivity contribution in [1.82, 2.24) is 4.98 Å². The molecule has 148 valence electrons. The number of para-hydroxylation sites is 1. The molecule has 6 nitrogen and oxygen atoms in total. The number of nitrogens with one attached hydrogen (secondary N) is 1. The van der Waals surface area contributed by atoms with Crippen molar-refractivity contribution < 1.29 is 18.6 Å². The summed E-state index contributed by atoms with van der Waals surface area (Å²) in [5.41, 5.74) is 4.22. The molecule has 0 saturated carbocycles. The third-order valence-corrected chi connectivity index (χ3v) is 5.34. The van der Waals surface area contributed by atoms with E-state index in [9.17, 15) is 4.79 Å². The number of aromatic nitrogens is 1. The first-order chi connectivity index (χ1) is 14.2. The molecule has 0 amide bonds. The van der Waals surface area contributed by atoms with Gasteiger partial charge in [-0.1, -0.05) is 18.2 Å². The highest BCUT2D eigenvalue weighted by Crippen LogP contribution is 2.32. The van der Waals surface area contributed by atoms with Crippen LogP contribution in [0.3, 0.4) is 0 Å². The summed E-state index contributed by atoms with van der Waals surface area (Å²) in [6, 6.07) is 13.4. The van der Waals surface area contributed by atoms with E-state index in [0.29, 0.717) is 24.2 Å². The summed E-state index contributed by atoms with van der Waals surface area (Å²) in [5.74, 6) is 1.55. The summed E-state index contributed by atoms with van der Waals surface area (Å²) in [5, 5.41) is 1.57. The number of benzene rings is 2. The summed E-state index contributed by atoms with van der Waals surface area (Å²) in [7, 11) is 0. The average Bonchev–Trinajstić information content (AvgIpc) is 3.32. The lowest BCUT2D eigenvalue weighted by atomic mass is 10.1. The van der Waals surface area contributed by atoms with Gasteiger partial charge in [-0.3, -0.25) is 0 Å². The molecule has 1 aliphatic rings. The van der Waals surface area contributed by atoms with E-state index >= 15 is 0 Å². The molecule has 0 aliphatic carbocycles. The van der Waals surface area contributed by atoms with Gasteiger partial charge >= 0.3 is 5.63 Å². The first-order valence-corrected chi connectivity index (χ1v) is 9.70. The molecule has 2 aromatic heterocycles. The standard InChI is InChI=1S/C23H21NO5/c1-14-17(24-22-16-5-2-3-7-18(16)29-23(25)21(14)22)6-4-10-26-12-15-8-9-19-20(11-15)28-13-27-19/h2-3,5,7-9,11,24H,4,6,10,12-13H2,1H3. The molecule has 0 fully saturated rings. The highest BCUT2D eigenvalue weighted by molar-refractivity contribution is 6.03. The molecule has 0 bridgehead atoms. The van der Waals surface area contributed by atoms with Gasteiger partial charge < -0.3 is 23.6 Å². The van der Waals surface area contributed by atoms with Gasteiger partial charge in [0.2, 0.25) is 6.79 Å². The molecule has 0 saturated heterocycles. The van der Waals surface area contributed by atoms with E-state index in [0.717, 1.165) is 52.1 Å². The Morgan fingerprint density at radius 1 is 1.10 bits per heavy atom. The lowest BCUT2D eigenvalue weighted by Crippen LogP contribution is -2.00. The van der Waals surface area contributed by atoms with Crippen molar-refractivity contribution in [3.63, 3.8) is 0 Å². The van der Waals surface area contributed by atoms with Crippen molar-refractivity contribution in [3.8, 4) is 11.5 Å². The summed E-state index contributed by atoms with van der Waals surface area (Å²) < 4.78 is 22.0. The van der Waals surface area contributed by atoms with Gasteiger partial charge in [-0.25, -0.2) is 4.79 Å². The van der Waals surface area contributed by atoms with Gasteiger partial charge in [0.05, 0.1) is 17.5 Å². The topological polar surface area (TPSA) is 73.7 Å². The van der Waals surface area contributed by atoms with Crippen LogP contribution in [-0.4, -0.2) is 18.4 Å². The molecule has 1 aliphatic heterocycles. The number of rotatable bonds is 6. The fourth-order valence-electron chi connectivity index (χ4n) is 3.84. The van der Waals surface area contributed by atoms with Gasteiger partial charge in [-0.2, -0.15) is 0 Å². The predicted octanol–water partition coefficient (Wildman–Crippen LogP) is 4.46. The van der Waals surface area contributed by atoms with Crippen LogP contribution in [0.25, 0.3) is 21.9 Å². The Morgan fingerprint density at radius 2 is 1.97 bits per heavy atom. The lowest BCUT2D eigenvalue weighted by molar-refractivity contribution is 0.118. The fourth-order valence-corrected chi connectivity index (χ4v) is 3.84. The molecule has 1 N–H and O–H groups in total. The van der Waals surface area contributed by atoms with Crippen molar-refractivity contribution in [2.75, 3.05) is 13.4 Å². The van der Waals surface area contributed by atoms with Crippen LogP contribution in [-0.2, 0) is 17.8 Å². The average molecular weight is 391 g/mol. The highest BCUT2D eigenvalue weighted by atomic mass is 16.7. The van der Waals surface area contributed by atoms with Crippen LogP contribution < -0.4 is 15.1 Å². The number of H-pyrrole nitrogens is 1. The minimum Gasteiger partial charge on any atom is -0.454 e.